The first kappa shape index (κ1) is 10.7. The molecule has 0 aromatic carbocycles. The van der Waals surface area contributed by atoms with Crippen LogP contribution in [0.3, 0.4) is 0 Å². The molecule has 0 unspecified atom stereocenters. The van der Waals surface area contributed by atoms with Gasteiger partial charge in [-0.25, -0.2) is 8.42 Å². The van der Waals surface area contributed by atoms with Gasteiger partial charge in [0.05, 0.1) is 0 Å². The van der Waals surface area contributed by atoms with E-state index in [1.165, 1.54) is 13.8 Å². The Morgan fingerprint density at radius 3 is 2.00 bits per heavy atom. The summed E-state index contributed by atoms with van der Waals surface area (Å²) in [6, 6.07) is 0. The molecule has 0 amide bonds. The summed E-state index contributed by atoms with van der Waals surface area (Å²) >= 11 is 5.36. The van der Waals surface area contributed by atoms with E-state index >= 15 is 0 Å². The summed E-state index contributed by atoms with van der Waals surface area (Å²) in [4.78, 5) is 0. The summed E-state index contributed by atoms with van der Waals surface area (Å²) in [6.45, 7) is 2.73. The highest BCUT2D eigenvalue weighted by Crippen LogP contribution is 2.19. The molecule has 4 nitrogen and oxygen atoms in total. The van der Waals surface area contributed by atoms with Gasteiger partial charge in [-0.2, -0.15) is 0 Å². The summed E-state index contributed by atoms with van der Waals surface area (Å²) < 4.78 is 20.6. The Balaban J connectivity index is 5.07. The van der Waals surface area contributed by atoms with Crippen molar-refractivity contribution in [2.75, 3.05) is 6.26 Å². The van der Waals surface area contributed by atoms with Crippen molar-refractivity contribution < 1.29 is 13.6 Å². The van der Waals surface area contributed by atoms with Gasteiger partial charge < -0.3 is 5.21 Å². The van der Waals surface area contributed by atoms with Crippen LogP contribution in [0, 0.1) is 0 Å². The van der Waals surface area contributed by atoms with E-state index < -0.39 is 14.6 Å². The summed E-state index contributed by atoms with van der Waals surface area (Å²) in [6.07, 6.45) is 1.03. The van der Waals surface area contributed by atoms with Crippen LogP contribution in [0.2, 0.25) is 0 Å². The minimum Gasteiger partial charge on any atom is -0.410 e. The molecule has 0 radical (unpaired) electrons. The Morgan fingerprint density at radius 2 is 1.91 bits per heavy atom. The summed E-state index contributed by atoms with van der Waals surface area (Å²) in [5.41, 5.74) is 0. The number of oxime groups is 1. The van der Waals surface area contributed by atoms with Crippen LogP contribution in [0.25, 0.3) is 0 Å². The number of sulfone groups is 1. The first-order valence-electron chi connectivity index (χ1n) is 2.81. The summed E-state index contributed by atoms with van der Waals surface area (Å²) in [7, 11) is -3.34. The molecule has 0 saturated heterocycles. The van der Waals surface area contributed by atoms with Crippen LogP contribution in [0.15, 0.2) is 5.16 Å². The molecule has 0 aromatic rings. The normalized spacial score (nSPS) is 15.1. The zero-order valence-electron chi connectivity index (χ0n) is 6.50. The van der Waals surface area contributed by atoms with Gasteiger partial charge in [-0.15, -0.1) is 0 Å². The van der Waals surface area contributed by atoms with Crippen molar-refractivity contribution in [3.8, 4) is 0 Å². The van der Waals surface area contributed by atoms with Crippen molar-refractivity contribution in [2.45, 2.75) is 18.6 Å². The van der Waals surface area contributed by atoms with Crippen LogP contribution in [0.5, 0.6) is 0 Å². The van der Waals surface area contributed by atoms with Gasteiger partial charge in [0.1, 0.15) is 4.75 Å². The predicted molar refractivity (Wildman–Crippen MR) is 44.0 cm³/mol. The lowest BCUT2D eigenvalue weighted by Crippen LogP contribution is -2.37. The molecule has 6 heteroatoms. The maximum atomic E-state index is 11.0. The molecule has 11 heavy (non-hydrogen) atoms. The molecule has 66 valence electrons. The third-order valence-corrected chi connectivity index (χ3v) is 4.22. The minimum absolute atomic E-state index is 0.333. The van der Waals surface area contributed by atoms with E-state index in [1.54, 1.807) is 0 Å². The van der Waals surface area contributed by atoms with E-state index in [4.69, 9.17) is 16.8 Å². The molecule has 0 rings (SSSR count). The molecule has 0 aliphatic rings. The fraction of sp³-hybridized carbons (Fsp3) is 0.800. The van der Waals surface area contributed by atoms with E-state index in [-0.39, 0.29) is 5.17 Å². The fourth-order valence-corrected chi connectivity index (χ4v) is 1.04. The monoisotopic (exact) mass is 199 g/mol. The van der Waals surface area contributed by atoms with Crippen molar-refractivity contribution in [1.29, 1.82) is 0 Å². The largest absolute Gasteiger partial charge is 0.410 e. The van der Waals surface area contributed by atoms with Crippen molar-refractivity contribution in [3.63, 3.8) is 0 Å². The molecule has 0 aromatic heterocycles. The quantitative estimate of drug-likeness (QED) is 0.407. The molecule has 0 fully saturated rings. The maximum absolute atomic E-state index is 11.0. The van der Waals surface area contributed by atoms with Gasteiger partial charge in [0.2, 0.25) is 0 Å². The Morgan fingerprint density at radius 1 is 1.55 bits per heavy atom. The van der Waals surface area contributed by atoms with Crippen LogP contribution in [-0.4, -0.2) is 29.8 Å². The smallest absolute Gasteiger partial charge is 0.165 e. The molecule has 0 heterocycles. The summed E-state index contributed by atoms with van der Waals surface area (Å²) in [5, 5.41) is 10.5. The average molecular weight is 200 g/mol. The van der Waals surface area contributed by atoms with Gasteiger partial charge in [-0.05, 0) is 13.8 Å². The van der Waals surface area contributed by atoms with E-state index in [0.29, 0.717) is 0 Å². The van der Waals surface area contributed by atoms with Gasteiger partial charge in [0.15, 0.2) is 15.0 Å². The first-order valence-corrected chi connectivity index (χ1v) is 5.08. The number of halogens is 1. The average Bonchev–Trinajstić information content (AvgIpc) is 1.83. The lowest BCUT2D eigenvalue weighted by molar-refractivity contribution is 0.318. The SMILES string of the molecule is CC(C)(/C(Cl)=N/O)S(C)(=O)=O. The van der Waals surface area contributed by atoms with Crippen LogP contribution in [0.1, 0.15) is 13.8 Å². The molecular formula is C5H10ClNO3S. The highest BCUT2D eigenvalue weighted by molar-refractivity contribution is 7.93. The third kappa shape index (κ3) is 2.07. The number of nitrogens with zero attached hydrogens (tertiary/aromatic N) is 1. The van der Waals surface area contributed by atoms with Crippen molar-refractivity contribution in [2.24, 2.45) is 5.16 Å². The molecule has 0 atom stereocenters. The zero-order valence-corrected chi connectivity index (χ0v) is 8.07. The second-order valence-electron chi connectivity index (χ2n) is 2.67. The number of hydrogen-bond donors (Lipinski definition) is 1. The van der Waals surface area contributed by atoms with Crippen LogP contribution < -0.4 is 0 Å². The highest BCUT2D eigenvalue weighted by Gasteiger charge is 2.35. The van der Waals surface area contributed by atoms with Crippen LogP contribution in [-0.2, 0) is 9.84 Å². The third-order valence-electron chi connectivity index (χ3n) is 1.51. The van der Waals surface area contributed by atoms with Gasteiger partial charge in [-0.3, -0.25) is 0 Å². The van der Waals surface area contributed by atoms with E-state index in [2.05, 4.69) is 5.16 Å². The Bertz CT molecular complexity index is 267. The van der Waals surface area contributed by atoms with Gasteiger partial charge in [0.25, 0.3) is 0 Å². The van der Waals surface area contributed by atoms with Crippen molar-refractivity contribution in [3.05, 3.63) is 0 Å². The standard InChI is InChI=1S/C5H10ClNO3S/c1-5(2,4(6)7-8)11(3,9)10/h8H,1-3H3/b7-4-. The van der Waals surface area contributed by atoms with Gasteiger partial charge in [-0.1, -0.05) is 16.8 Å². The second-order valence-corrected chi connectivity index (χ2v) is 5.60. The maximum Gasteiger partial charge on any atom is 0.165 e. The van der Waals surface area contributed by atoms with Crippen LogP contribution in [0.4, 0.5) is 0 Å². The van der Waals surface area contributed by atoms with Crippen molar-refractivity contribution in [1.82, 2.24) is 0 Å². The fourth-order valence-electron chi connectivity index (χ4n) is 0.273. The topological polar surface area (TPSA) is 66.7 Å². The molecule has 0 aliphatic heterocycles. The zero-order chi connectivity index (χ0) is 9.28. The van der Waals surface area contributed by atoms with Gasteiger partial charge >= 0.3 is 0 Å². The molecule has 0 aliphatic carbocycles. The number of hydrogen-bond acceptors (Lipinski definition) is 4. The van der Waals surface area contributed by atoms with E-state index in [1.807, 2.05) is 0 Å². The van der Waals surface area contributed by atoms with Gasteiger partial charge in [0, 0.05) is 6.26 Å². The lowest BCUT2D eigenvalue weighted by Gasteiger charge is -2.18. The molecule has 1 N–H and O–H groups in total. The van der Waals surface area contributed by atoms with Crippen molar-refractivity contribution >= 4 is 26.6 Å². The highest BCUT2D eigenvalue weighted by atomic mass is 35.5. The van der Waals surface area contributed by atoms with E-state index in [9.17, 15) is 8.42 Å². The molecular weight excluding hydrogens is 190 g/mol. The Hall–Kier alpha value is -0.290. The second kappa shape index (κ2) is 2.98. The predicted octanol–water partition coefficient (Wildman–Crippen LogP) is 0.836. The Kier molecular flexibility index (Phi) is 2.91. The number of rotatable bonds is 2. The van der Waals surface area contributed by atoms with Crippen LogP contribution >= 0.6 is 11.6 Å². The Labute approximate surface area is 70.8 Å². The molecule has 0 bridgehead atoms. The summed E-state index contributed by atoms with van der Waals surface area (Å²) in [5.74, 6) is 0. The first-order chi connectivity index (χ1) is 4.73. The van der Waals surface area contributed by atoms with E-state index in [0.717, 1.165) is 6.26 Å². The minimum atomic E-state index is -3.34. The molecule has 0 spiro atoms. The molecule has 0 saturated carbocycles. The lowest BCUT2D eigenvalue weighted by atomic mass is 10.2.